The molecule has 4 rings (SSSR count). The van der Waals surface area contributed by atoms with Gasteiger partial charge in [0.2, 0.25) is 5.88 Å². The maximum atomic E-state index is 13.8. The fourth-order valence-electron chi connectivity index (χ4n) is 3.46. The van der Waals surface area contributed by atoms with Gasteiger partial charge in [-0.25, -0.2) is 4.98 Å². The summed E-state index contributed by atoms with van der Waals surface area (Å²) in [7, 11) is 0. The Labute approximate surface area is 172 Å². The zero-order chi connectivity index (χ0) is 21.3. The zero-order valence-corrected chi connectivity index (χ0v) is 16.4. The minimum absolute atomic E-state index is 0.0581. The number of nitrogens with one attached hydrogen (secondary N) is 1. The van der Waals surface area contributed by atoms with Crippen LogP contribution in [0.1, 0.15) is 42.1 Å². The number of nitrogens with zero attached hydrogens (tertiary/aromatic N) is 2. The molecule has 1 aromatic heterocycles. The molecule has 30 heavy (non-hydrogen) atoms. The number of anilines is 1. The molecule has 0 amide bonds. The number of halogens is 3. The highest BCUT2D eigenvalue weighted by Gasteiger charge is 2.38. The lowest BCUT2D eigenvalue weighted by Crippen LogP contribution is -2.25. The van der Waals surface area contributed by atoms with Gasteiger partial charge < -0.3 is 10.1 Å². The van der Waals surface area contributed by atoms with E-state index in [4.69, 9.17) is 9.73 Å². The van der Waals surface area contributed by atoms with Gasteiger partial charge in [-0.15, -0.1) is 0 Å². The van der Waals surface area contributed by atoms with Crippen LogP contribution in [0.25, 0.3) is 0 Å². The van der Waals surface area contributed by atoms with Gasteiger partial charge in [0.15, 0.2) is 0 Å². The van der Waals surface area contributed by atoms with E-state index in [2.05, 4.69) is 10.3 Å². The van der Waals surface area contributed by atoms with E-state index in [0.29, 0.717) is 17.1 Å². The van der Waals surface area contributed by atoms with Crippen LogP contribution in [0.3, 0.4) is 0 Å². The van der Waals surface area contributed by atoms with Crippen LogP contribution in [-0.4, -0.2) is 16.9 Å². The third kappa shape index (κ3) is 3.87. The largest absolute Gasteiger partial charge is 0.475 e. The molecule has 2 aromatic carbocycles. The lowest BCUT2D eigenvalue weighted by atomic mass is 9.92. The number of pyridine rings is 1. The van der Waals surface area contributed by atoms with Gasteiger partial charge in [-0.05, 0) is 31.5 Å². The van der Waals surface area contributed by atoms with Crippen LogP contribution < -0.4 is 10.1 Å². The van der Waals surface area contributed by atoms with Crippen molar-refractivity contribution < 1.29 is 17.9 Å². The van der Waals surface area contributed by atoms with Crippen LogP contribution in [0.4, 0.5) is 18.9 Å². The second-order valence-electron chi connectivity index (χ2n) is 7.20. The molecule has 0 spiro atoms. The van der Waals surface area contributed by atoms with Gasteiger partial charge in [-0.2, -0.15) is 13.2 Å². The first-order valence-corrected chi connectivity index (χ1v) is 9.56. The summed E-state index contributed by atoms with van der Waals surface area (Å²) in [5.41, 5.74) is 1.22. The molecule has 0 aliphatic carbocycles. The standard InChI is InChI=1S/C23H20F3N3O/c1-14(2)30-22-19-18(12-13-27-22)28-21(15-8-4-3-5-9-15)29-20(19)16-10-6-7-11-17(16)23(24,25)26/h3-14,20H,1-2H3,(H,28,29). The van der Waals surface area contributed by atoms with Gasteiger partial charge in [0.05, 0.1) is 22.9 Å². The second-order valence-corrected chi connectivity index (χ2v) is 7.20. The maximum absolute atomic E-state index is 13.8. The highest BCUT2D eigenvalue weighted by atomic mass is 19.4. The van der Waals surface area contributed by atoms with Gasteiger partial charge in [-0.3, -0.25) is 4.99 Å². The Balaban J connectivity index is 1.95. The predicted octanol–water partition coefficient (Wildman–Crippen LogP) is 5.85. The molecule has 0 saturated carbocycles. The van der Waals surface area contributed by atoms with E-state index in [0.717, 1.165) is 11.6 Å². The molecule has 1 atom stereocenters. The number of alkyl halides is 3. The smallest absolute Gasteiger partial charge is 0.416 e. The van der Waals surface area contributed by atoms with E-state index in [9.17, 15) is 13.2 Å². The first-order valence-electron chi connectivity index (χ1n) is 9.56. The first kappa shape index (κ1) is 19.9. The molecule has 0 bridgehead atoms. The fraction of sp³-hybridized carbons (Fsp3) is 0.217. The van der Waals surface area contributed by atoms with E-state index in [-0.39, 0.29) is 17.5 Å². The maximum Gasteiger partial charge on any atom is 0.416 e. The third-order valence-corrected chi connectivity index (χ3v) is 4.69. The van der Waals surface area contributed by atoms with Crippen molar-refractivity contribution in [2.75, 3.05) is 5.32 Å². The Hall–Kier alpha value is -3.35. The summed E-state index contributed by atoms with van der Waals surface area (Å²) in [5.74, 6) is 0.764. The average Bonchev–Trinajstić information content (AvgIpc) is 2.73. The van der Waals surface area contributed by atoms with Gasteiger partial charge in [0.1, 0.15) is 11.9 Å². The van der Waals surface area contributed by atoms with Gasteiger partial charge >= 0.3 is 6.18 Å². The molecule has 2 heterocycles. The van der Waals surface area contributed by atoms with Crippen LogP contribution >= 0.6 is 0 Å². The Kier molecular flexibility index (Phi) is 5.20. The summed E-state index contributed by atoms with van der Waals surface area (Å²) in [4.78, 5) is 8.98. The topological polar surface area (TPSA) is 46.5 Å². The molecule has 0 fully saturated rings. The molecule has 1 aliphatic rings. The summed E-state index contributed by atoms with van der Waals surface area (Å²) >= 11 is 0. The first-order chi connectivity index (χ1) is 14.3. The van der Waals surface area contributed by atoms with Crippen LogP contribution in [0, 0.1) is 0 Å². The number of fused-ring (bicyclic) bond motifs is 1. The Morgan fingerprint density at radius 3 is 2.37 bits per heavy atom. The van der Waals surface area contributed by atoms with E-state index < -0.39 is 17.8 Å². The SMILES string of the molecule is CC(C)Oc1nccc2c1C(c1ccccc1C(F)(F)F)N=C(c1ccccc1)N2. The number of benzene rings is 2. The molecule has 154 valence electrons. The van der Waals surface area contributed by atoms with Crippen molar-refractivity contribution in [1.29, 1.82) is 0 Å². The van der Waals surface area contributed by atoms with Crippen molar-refractivity contribution >= 4 is 11.5 Å². The molecule has 0 saturated heterocycles. The van der Waals surface area contributed by atoms with Crippen LogP contribution in [0.15, 0.2) is 71.9 Å². The molecule has 3 aromatic rings. The quantitative estimate of drug-likeness (QED) is 0.586. The van der Waals surface area contributed by atoms with E-state index in [1.54, 1.807) is 18.3 Å². The molecule has 4 nitrogen and oxygen atoms in total. The van der Waals surface area contributed by atoms with Crippen molar-refractivity contribution in [2.45, 2.75) is 32.2 Å². The van der Waals surface area contributed by atoms with E-state index in [1.165, 1.54) is 12.1 Å². The summed E-state index contributed by atoms with van der Waals surface area (Å²) in [6.45, 7) is 3.68. The molecular weight excluding hydrogens is 391 g/mol. The number of amidine groups is 1. The number of ether oxygens (including phenoxy) is 1. The summed E-state index contributed by atoms with van der Waals surface area (Å²) in [5, 5.41) is 3.23. The summed E-state index contributed by atoms with van der Waals surface area (Å²) in [6, 6.07) is 15.6. The normalized spacial score (nSPS) is 15.9. The van der Waals surface area contributed by atoms with E-state index in [1.807, 2.05) is 44.2 Å². The van der Waals surface area contributed by atoms with Gasteiger partial charge in [-0.1, -0.05) is 48.5 Å². The Bertz CT molecular complexity index is 1080. The highest BCUT2D eigenvalue weighted by molar-refractivity contribution is 6.10. The van der Waals surface area contributed by atoms with Crippen molar-refractivity contribution in [3.05, 3.63) is 89.1 Å². The summed E-state index contributed by atoms with van der Waals surface area (Å²) in [6.07, 6.45) is -3.13. The van der Waals surface area contributed by atoms with Crippen LogP contribution in [-0.2, 0) is 6.18 Å². The van der Waals surface area contributed by atoms with Crippen molar-refractivity contribution in [1.82, 2.24) is 4.98 Å². The van der Waals surface area contributed by atoms with E-state index >= 15 is 0 Å². The molecule has 7 heteroatoms. The average molecular weight is 411 g/mol. The van der Waals surface area contributed by atoms with Gasteiger partial charge in [0.25, 0.3) is 0 Å². The minimum Gasteiger partial charge on any atom is -0.475 e. The number of aromatic nitrogens is 1. The lowest BCUT2D eigenvalue weighted by molar-refractivity contribution is -0.138. The number of rotatable bonds is 4. The molecule has 0 radical (unpaired) electrons. The second kappa shape index (κ2) is 7.82. The van der Waals surface area contributed by atoms with Crippen molar-refractivity contribution in [3.8, 4) is 5.88 Å². The Morgan fingerprint density at radius 2 is 1.67 bits per heavy atom. The molecule has 1 aliphatic heterocycles. The number of hydrogen-bond acceptors (Lipinski definition) is 4. The minimum atomic E-state index is -4.51. The third-order valence-electron chi connectivity index (χ3n) is 4.69. The summed E-state index contributed by atoms with van der Waals surface area (Å²) < 4.78 is 47.2. The number of hydrogen-bond donors (Lipinski definition) is 1. The predicted molar refractivity (Wildman–Crippen MR) is 110 cm³/mol. The van der Waals surface area contributed by atoms with Crippen molar-refractivity contribution in [3.63, 3.8) is 0 Å². The van der Waals surface area contributed by atoms with Crippen LogP contribution in [0.2, 0.25) is 0 Å². The van der Waals surface area contributed by atoms with Gasteiger partial charge in [0, 0.05) is 11.8 Å². The monoisotopic (exact) mass is 411 g/mol. The van der Waals surface area contributed by atoms with Crippen molar-refractivity contribution in [2.24, 2.45) is 4.99 Å². The molecule has 1 N–H and O–H groups in total. The zero-order valence-electron chi connectivity index (χ0n) is 16.4. The molecule has 1 unspecified atom stereocenters. The highest BCUT2D eigenvalue weighted by Crippen LogP contribution is 2.44. The fourth-order valence-corrected chi connectivity index (χ4v) is 3.46. The Morgan fingerprint density at radius 1 is 0.967 bits per heavy atom. The molecular formula is C23H20F3N3O. The van der Waals surface area contributed by atoms with Crippen LogP contribution in [0.5, 0.6) is 5.88 Å². The lowest BCUT2D eigenvalue weighted by Gasteiger charge is -2.29. The number of aliphatic imine (C=N–C) groups is 1.